The molecule has 0 aliphatic heterocycles. The van der Waals surface area contributed by atoms with Gasteiger partial charge in [-0.05, 0) is 92.7 Å². The second-order valence-corrected chi connectivity index (χ2v) is 8.10. The molecule has 2 heteroatoms. The van der Waals surface area contributed by atoms with Crippen LogP contribution in [0.5, 0.6) is 0 Å². The number of nitrogens with zero attached hydrogens (tertiary/aromatic N) is 1. The van der Waals surface area contributed by atoms with E-state index in [4.69, 9.17) is 5.26 Å². The van der Waals surface area contributed by atoms with Gasteiger partial charge in [0.05, 0.1) is 6.07 Å². The molecule has 0 unspecified atom stereocenters. The first-order valence-corrected chi connectivity index (χ1v) is 10.4. The Kier molecular flexibility index (Phi) is 7.45. The van der Waals surface area contributed by atoms with Crippen LogP contribution in [0.15, 0.2) is 60.7 Å². The van der Waals surface area contributed by atoms with Crippen molar-refractivity contribution in [2.75, 3.05) is 0 Å². The van der Waals surface area contributed by atoms with Crippen LogP contribution in [0.1, 0.15) is 62.8 Å². The van der Waals surface area contributed by atoms with Gasteiger partial charge in [-0.3, -0.25) is 0 Å². The summed E-state index contributed by atoms with van der Waals surface area (Å²) < 4.78 is 13.1. The van der Waals surface area contributed by atoms with Crippen molar-refractivity contribution in [1.29, 1.82) is 5.26 Å². The number of hydrogen-bond acceptors (Lipinski definition) is 1. The van der Waals surface area contributed by atoms with Crippen molar-refractivity contribution in [3.8, 4) is 6.07 Å². The second-order valence-electron chi connectivity index (χ2n) is 8.10. The second kappa shape index (κ2) is 10.3. The molecular weight excluding hydrogens is 333 g/mol. The molecule has 0 aromatic heterocycles. The lowest BCUT2D eigenvalue weighted by Crippen LogP contribution is -2.14. The summed E-state index contributed by atoms with van der Waals surface area (Å²) in [5, 5.41) is 8.49. The van der Waals surface area contributed by atoms with Crippen molar-refractivity contribution in [3.63, 3.8) is 0 Å². The van der Waals surface area contributed by atoms with Gasteiger partial charge in [0.25, 0.3) is 0 Å². The quantitative estimate of drug-likeness (QED) is 0.311. The van der Waals surface area contributed by atoms with Gasteiger partial charge in [-0.1, -0.05) is 42.5 Å². The highest BCUT2D eigenvalue weighted by atomic mass is 19.1. The summed E-state index contributed by atoms with van der Waals surface area (Å²) in [5.41, 5.74) is 1.30. The molecule has 2 saturated carbocycles. The lowest BCUT2D eigenvalue weighted by molar-refractivity contribution is 0.348. The summed E-state index contributed by atoms with van der Waals surface area (Å²) in [6, 6.07) is 9.11. The van der Waals surface area contributed by atoms with E-state index >= 15 is 0 Å². The van der Waals surface area contributed by atoms with E-state index in [2.05, 4.69) is 18.2 Å². The third-order valence-electron chi connectivity index (χ3n) is 6.25. The Hall–Kier alpha value is -2.14. The third kappa shape index (κ3) is 6.21. The van der Waals surface area contributed by atoms with Crippen molar-refractivity contribution >= 4 is 0 Å². The van der Waals surface area contributed by atoms with Crippen LogP contribution in [0.2, 0.25) is 0 Å². The molecule has 1 aromatic rings. The number of hydrogen-bond donors (Lipinski definition) is 0. The Labute approximate surface area is 163 Å². The van der Waals surface area contributed by atoms with E-state index in [-0.39, 0.29) is 5.82 Å². The number of rotatable bonds is 5. The summed E-state index contributed by atoms with van der Waals surface area (Å²) in [4.78, 5) is 0. The molecule has 1 nitrogen and oxygen atoms in total. The van der Waals surface area contributed by atoms with Crippen LogP contribution in [0.4, 0.5) is 4.39 Å². The zero-order valence-corrected chi connectivity index (χ0v) is 16.1. The van der Waals surface area contributed by atoms with Gasteiger partial charge in [0.2, 0.25) is 0 Å². The maximum Gasteiger partial charge on any atom is 0.123 e. The minimum Gasteiger partial charge on any atom is -0.207 e. The third-order valence-corrected chi connectivity index (χ3v) is 6.25. The molecule has 3 rings (SSSR count). The summed E-state index contributed by atoms with van der Waals surface area (Å²) in [6.45, 7) is 0. The molecule has 0 atom stereocenters. The van der Waals surface area contributed by atoms with Crippen LogP contribution in [0, 0.1) is 34.9 Å². The van der Waals surface area contributed by atoms with Crippen LogP contribution < -0.4 is 0 Å². The zero-order chi connectivity index (χ0) is 18.9. The van der Waals surface area contributed by atoms with Crippen molar-refractivity contribution in [1.82, 2.24) is 0 Å². The lowest BCUT2D eigenvalue weighted by Gasteiger charge is -2.28. The molecule has 2 aliphatic carbocycles. The highest BCUT2D eigenvalue weighted by Crippen LogP contribution is 2.37. The van der Waals surface area contributed by atoms with Gasteiger partial charge in [-0.2, -0.15) is 5.26 Å². The standard InChI is InChI=1S/C25H30FN/c26-25-17-15-24(16-18-25)23-13-11-22(12-14-23)10-9-21-7-5-20(6-8-21)4-2-1-3-19-27/h1-4,9-10,15-18,20-23H,5-8,11-14H2/b3-1?,4-2?,10-9+. The van der Waals surface area contributed by atoms with Crippen molar-refractivity contribution < 1.29 is 4.39 Å². The van der Waals surface area contributed by atoms with Gasteiger partial charge in [-0.15, -0.1) is 0 Å². The largest absolute Gasteiger partial charge is 0.207 e. The monoisotopic (exact) mass is 363 g/mol. The molecule has 0 radical (unpaired) electrons. The number of nitriles is 1. The van der Waals surface area contributed by atoms with Crippen LogP contribution in [0.3, 0.4) is 0 Å². The highest BCUT2D eigenvalue weighted by molar-refractivity contribution is 5.21. The van der Waals surface area contributed by atoms with Gasteiger partial charge >= 0.3 is 0 Å². The Bertz CT molecular complexity index is 691. The normalized spacial score (nSPS) is 29.5. The Morgan fingerprint density at radius 1 is 0.741 bits per heavy atom. The fraction of sp³-hybridized carbons (Fsp3) is 0.480. The van der Waals surface area contributed by atoms with Crippen molar-refractivity contribution in [2.45, 2.75) is 57.3 Å². The van der Waals surface area contributed by atoms with E-state index in [9.17, 15) is 4.39 Å². The Morgan fingerprint density at radius 3 is 1.81 bits per heavy atom. The molecule has 0 amide bonds. The molecular formula is C25H30FN. The molecule has 27 heavy (non-hydrogen) atoms. The first-order chi connectivity index (χ1) is 13.2. The summed E-state index contributed by atoms with van der Waals surface area (Å²) in [7, 11) is 0. The van der Waals surface area contributed by atoms with Crippen molar-refractivity contribution in [2.24, 2.45) is 17.8 Å². The first-order valence-electron chi connectivity index (χ1n) is 10.4. The van der Waals surface area contributed by atoms with E-state index < -0.39 is 0 Å². The molecule has 1 aromatic carbocycles. The van der Waals surface area contributed by atoms with E-state index in [1.54, 1.807) is 12.1 Å². The summed E-state index contributed by atoms with van der Waals surface area (Å²) in [6.07, 6.45) is 22.6. The maximum absolute atomic E-state index is 13.1. The van der Waals surface area contributed by atoms with Crippen LogP contribution in [-0.4, -0.2) is 0 Å². The number of benzene rings is 1. The average Bonchev–Trinajstić information content (AvgIpc) is 2.72. The molecule has 0 saturated heterocycles. The summed E-state index contributed by atoms with van der Waals surface area (Å²) in [5.74, 6) is 2.59. The number of halogens is 1. The molecule has 2 aliphatic rings. The lowest BCUT2D eigenvalue weighted by atomic mass is 9.77. The van der Waals surface area contributed by atoms with Crippen LogP contribution in [0.25, 0.3) is 0 Å². The molecule has 0 bridgehead atoms. The van der Waals surface area contributed by atoms with E-state index in [1.807, 2.05) is 30.4 Å². The predicted octanol–water partition coefficient (Wildman–Crippen LogP) is 7.10. The van der Waals surface area contributed by atoms with Gasteiger partial charge in [0.15, 0.2) is 0 Å². The predicted molar refractivity (Wildman–Crippen MR) is 110 cm³/mol. The van der Waals surface area contributed by atoms with Crippen molar-refractivity contribution in [3.05, 3.63) is 72.1 Å². The molecule has 0 N–H and O–H groups in total. The topological polar surface area (TPSA) is 23.8 Å². The van der Waals surface area contributed by atoms with Gasteiger partial charge < -0.3 is 0 Å². The van der Waals surface area contributed by atoms with Crippen LogP contribution >= 0.6 is 0 Å². The SMILES string of the molecule is N#CC=CC=CC1CCC(/C=C/C2CCC(c3ccc(F)cc3)CC2)CC1. The van der Waals surface area contributed by atoms with Gasteiger partial charge in [0.1, 0.15) is 5.82 Å². The van der Waals surface area contributed by atoms with E-state index in [0.717, 1.165) is 11.8 Å². The fourth-order valence-electron chi connectivity index (χ4n) is 4.54. The molecule has 0 spiro atoms. The van der Waals surface area contributed by atoms with Gasteiger partial charge in [-0.25, -0.2) is 4.39 Å². The average molecular weight is 364 g/mol. The van der Waals surface area contributed by atoms with E-state index in [1.165, 1.54) is 63.0 Å². The first kappa shape index (κ1) is 19.6. The number of allylic oxidation sites excluding steroid dienone is 6. The zero-order valence-electron chi connectivity index (χ0n) is 16.1. The molecule has 0 heterocycles. The molecule has 142 valence electrons. The summed E-state index contributed by atoms with van der Waals surface area (Å²) >= 11 is 0. The minimum atomic E-state index is -0.140. The smallest absolute Gasteiger partial charge is 0.123 e. The Morgan fingerprint density at radius 2 is 1.26 bits per heavy atom. The maximum atomic E-state index is 13.1. The van der Waals surface area contributed by atoms with E-state index in [0.29, 0.717) is 11.8 Å². The highest BCUT2D eigenvalue weighted by Gasteiger charge is 2.22. The van der Waals surface area contributed by atoms with Crippen LogP contribution in [-0.2, 0) is 0 Å². The fourth-order valence-corrected chi connectivity index (χ4v) is 4.54. The minimum absolute atomic E-state index is 0.140. The van der Waals surface area contributed by atoms with Gasteiger partial charge in [0, 0.05) is 6.08 Å². The molecule has 2 fully saturated rings. The Balaban J connectivity index is 1.39.